The molecule has 164 valence electrons. The van der Waals surface area contributed by atoms with Gasteiger partial charge in [-0.25, -0.2) is 0 Å². The fraction of sp³-hybridized carbons (Fsp3) is 0.545. The Morgan fingerprint density at radius 3 is 2.23 bits per heavy atom. The van der Waals surface area contributed by atoms with Crippen molar-refractivity contribution >= 4 is 11.8 Å². The maximum absolute atomic E-state index is 12.8. The Labute approximate surface area is 174 Å². The van der Waals surface area contributed by atoms with Crippen molar-refractivity contribution in [1.82, 2.24) is 15.1 Å². The molecular formula is C22H28F3N3O2. The highest BCUT2D eigenvalue weighted by Gasteiger charge is 2.37. The fourth-order valence-corrected chi connectivity index (χ4v) is 4.42. The van der Waals surface area contributed by atoms with Crippen molar-refractivity contribution in [2.24, 2.45) is 5.92 Å². The van der Waals surface area contributed by atoms with Gasteiger partial charge in [-0.1, -0.05) is 18.9 Å². The molecule has 1 unspecified atom stereocenters. The maximum Gasteiger partial charge on any atom is 0.416 e. The number of hydrogen-bond acceptors (Lipinski definition) is 3. The SMILES string of the molecule is C=CCNC(=O)C(C1CCCC1)N1CCN(C(=O)c2ccc(C(F)(F)F)cc2)CC1. The quantitative estimate of drug-likeness (QED) is 0.715. The highest BCUT2D eigenvalue weighted by molar-refractivity contribution is 5.94. The molecule has 2 aliphatic rings. The number of benzene rings is 1. The number of nitrogens with zero attached hydrogens (tertiary/aromatic N) is 2. The molecule has 1 atom stereocenters. The van der Waals surface area contributed by atoms with Gasteiger partial charge in [0, 0.05) is 38.3 Å². The Hall–Kier alpha value is -2.35. The fourth-order valence-electron chi connectivity index (χ4n) is 4.42. The Morgan fingerprint density at radius 1 is 1.10 bits per heavy atom. The first-order valence-corrected chi connectivity index (χ1v) is 10.4. The molecule has 1 aliphatic carbocycles. The lowest BCUT2D eigenvalue weighted by molar-refractivity contribution is -0.137. The number of piperazine rings is 1. The van der Waals surface area contributed by atoms with E-state index in [0.29, 0.717) is 38.6 Å². The van der Waals surface area contributed by atoms with E-state index >= 15 is 0 Å². The normalized spacial score (nSPS) is 19.5. The van der Waals surface area contributed by atoms with E-state index < -0.39 is 11.7 Å². The number of alkyl halides is 3. The second-order valence-corrected chi connectivity index (χ2v) is 7.93. The Balaban J connectivity index is 1.62. The van der Waals surface area contributed by atoms with Gasteiger partial charge in [-0.05, 0) is 43.0 Å². The topological polar surface area (TPSA) is 52.7 Å². The maximum atomic E-state index is 12.8. The van der Waals surface area contributed by atoms with E-state index in [1.54, 1.807) is 11.0 Å². The Morgan fingerprint density at radius 2 is 1.70 bits per heavy atom. The molecule has 2 amide bonds. The molecule has 1 saturated carbocycles. The second kappa shape index (κ2) is 9.64. The number of nitrogens with one attached hydrogen (secondary N) is 1. The van der Waals surface area contributed by atoms with E-state index in [9.17, 15) is 22.8 Å². The monoisotopic (exact) mass is 423 g/mol. The van der Waals surface area contributed by atoms with Crippen molar-refractivity contribution in [1.29, 1.82) is 0 Å². The highest BCUT2D eigenvalue weighted by atomic mass is 19.4. The largest absolute Gasteiger partial charge is 0.416 e. The van der Waals surface area contributed by atoms with Crippen LogP contribution in [0.5, 0.6) is 0 Å². The van der Waals surface area contributed by atoms with Crippen molar-refractivity contribution in [3.05, 3.63) is 48.0 Å². The lowest BCUT2D eigenvalue weighted by Gasteiger charge is -2.40. The molecule has 0 spiro atoms. The van der Waals surface area contributed by atoms with Crippen LogP contribution in [0.3, 0.4) is 0 Å². The lowest BCUT2D eigenvalue weighted by Crippen LogP contribution is -2.58. The number of amides is 2. The summed E-state index contributed by atoms with van der Waals surface area (Å²) in [5, 5.41) is 2.91. The minimum Gasteiger partial charge on any atom is -0.351 e. The van der Waals surface area contributed by atoms with Crippen LogP contribution in [-0.2, 0) is 11.0 Å². The van der Waals surface area contributed by atoms with Crippen LogP contribution in [0.4, 0.5) is 13.2 Å². The van der Waals surface area contributed by atoms with E-state index in [1.807, 2.05) is 0 Å². The minimum absolute atomic E-state index is 0.00400. The smallest absolute Gasteiger partial charge is 0.351 e. The zero-order chi connectivity index (χ0) is 21.7. The number of carbonyl (C=O) groups is 2. The number of rotatable bonds is 6. The number of hydrogen-bond donors (Lipinski definition) is 1. The minimum atomic E-state index is -4.42. The number of carbonyl (C=O) groups excluding carboxylic acids is 2. The third kappa shape index (κ3) is 5.22. The highest BCUT2D eigenvalue weighted by Crippen LogP contribution is 2.32. The first kappa shape index (κ1) is 22.3. The molecular weight excluding hydrogens is 395 g/mol. The molecule has 0 bridgehead atoms. The molecule has 2 fully saturated rings. The first-order chi connectivity index (χ1) is 14.3. The Bertz CT molecular complexity index is 750. The summed E-state index contributed by atoms with van der Waals surface area (Å²) in [6.07, 6.45) is 1.54. The second-order valence-electron chi connectivity index (χ2n) is 7.93. The van der Waals surface area contributed by atoms with Crippen LogP contribution in [-0.4, -0.2) is 60.4 Å². The zero-order valence-corrected chi connectivity index (χ0v) is 17.0. The van der Waals surface area contributed by atoms with Crippen molar-refractivity contribution in [3.8, 4) is 0 Å². The summed E-state index contributed by atoms with van der Waals surface area (Å²) in [6.45, 7) is 6.08. The van der Waals surface area contributed by atoms with Crippen LogP contribution < -0.4 is 5.32 Å². The van der Waals surface area contributed by atoms with Crippen LogP contribution in [0.2, 0.25) is 0 Å². The van der Waals surface area contributed by atoms with Gasteiger partial charge in [-0.3, -0.25) is 14.5 Å². The van der Waals surface area contributed by atoms with Crippen LogP contribution in [0, 0.1) is 5.92 Å². The van der Waals surface area contributed by atoms with Gasteiger partial charge >= 0.3 is 6.18 Å². The summed E-state index contributed by atoms with van der Waals surface area (Å²) in [4.78, 5) is 29.3. The van der Waals surface area contributed by atoms with Gasteiger partial charge in [0.2, 0.25) is 5.91 Å². The lowest BCUT2D eigenvalue weighted by atomic mass is 9.95. The van der Waals surface area contributed by atoms with Gasteiger partial charge in [0.15, 0.2) is 0 Å². The van der Waals surface area contributed by atoms with Gasteiger partial charge in [0.1, 0.15) is 0 Å². The molecule has 5 nitrogen and oxygen atoms in total. The molecule has 3 rings (SSSR count). The van der Waals surface area contributed by atoms with Crippen LogP contribution in [0.25, 0.3) is 0 Å². The predicted molar refractivity (Wildman–Crippen MR) is 108 cm³/mol. The van der Waals surface area contributed by atoms with Gasteiger partial charge in [0.25, 0.3) is 5.91 Å². The molecule has 30 heavy (non-hydrogen) atoms. The average Bonchev–Trinajstić information content (AvgIpc) is 3.26. The van der Waals surface area contributed by atoms with Crippen LogP contribution in [0.1, 0.15) is 41.6 Å². The van der Waals surface area contributed by atoms with E-state index in [1.165, 1.54) is 12.1 Å². The van der Waals surface area contributed by atoms with Crippen LogP contribution >= 0.6 is 0 Å². The molecule has 1 heterocycles. The molecule has 1 aliphatic heterocycles. The third-order valence-corrected chi connectivity index (χ3v) is 5.99. The summed E-state index contributed by atoms with van der Waals surface area (Å²) >= 11 is 0. The van der Waals surface area contributed by atoms with Gasteiger partial charge in [-0.2, -0.15) is 13.2 Å². The van der Waals surface area contributed by atoms with Crippen LogP contribution in [0.15, 0.2) is 36.9 Å². The van der Waals surface area contributed by atoms with E-state index in [0.717, 1.165) is 37.8 Å². The van der Waals surface area contributed by atoms with Crippen molar-refractivity contribution in [3.63, 3.8) is 0 Å². The first-order valence-electron chi connectivity index (χ1n) is 10.4. The molecule has 1 saturated heterocycles. The summed E-state index contributed by atoms with van der Waals surface area (Å²) in [6, 6.07) is 4.10. The molecule has 1 N–H and O–H groups in total. The molecule has 0 aromatic heterocycles. The van der Waals surface area contributed by atoms with E-state index in [2.05, 4.69) is 16.8 Å². The van der Waals surface area contributed by atoms with Crippen molar-refractivity contribution < 1.29 is 22.8 Å². The molecule has 8 heteroatoms. The molecule has 1 aromatic carbocycles. The van der Waals surface area contributed by atoms with Gasteiger partial charge < -0.3 is 10.2 Å². The zero-order valence-electron chi connectivity index (χ0n) is 17.0. The van der Waals surface area contributed by atoms with Gasteiger partial charge in [-0.15, -0.1) is 6.58 Å². The van der Waals surface area contributed by atoms with Gasteiger partial charge in [0.05, 0.1) is 11.6 Å². The molecule has 0 radical (unpaired) electrons. The average molecular weight is 423 g/mol. The van der Waals surface area contributed by atoms with Crippen molar-refractivity contribution in [2.75, 3.05) is 32.7 Å². The van der Waals surface area contributed by atoms with Crippen molar-refractivity contribution in [2.45, 2.75) is 37.9 Å². The summed E-state index contributed by atoms with van der Waals surface area (Å²) in [5.74, 6) is 0.0354. The predicted octanol–water partition coefficient (Wildman–Crippen LogP) is 3.32. The Kier molecular flexibility index (Phi) is 7.18. The standard InChI is InChI=1S/C22H28F3N3O2/c1-2-11-26-20(29)19(16-5-3-4-6-16)27-12-14-28(15-13-27)21(30)17-7-9-18(10-8-17)22(23,24)25/h2,7-10,16,19H,1,3-6,11-15H2,(H,26,29). The third-order valence-electron chi connectivity index (χ3n) is 5.99. The number of halogens is 3. The van der Waals surface area contributed by atoms with E-state index in [-0.39, 0.29) is 23.4 Å². The summed E-state index contributed by atoms with van der Waals surface area (Å²) < 4.78 is 38.2. The summed E-state index contributed by atoms with van der Waals surface area (Å²) in [5.41, 5.74) is -0.527. The summed E-state index contributed by atoms with van der Waals surface area (Å²) in [7, 11) is 0. The van der Waals surface area contributed by atoms with E-state index in [4.69, 9.17) is 0 Å². The molecule has 1 aromatic rings.